The fourth-order valence-electron chi connectivity index (χ4n) is 1.37. The summed E-state index contributed by atoms with van der Waals surface area (Å²) in [5, 5.41) is 13.9. The highest BCUT2D eigenvalue weighted by Crippen LogP contribution is 2.12. The van der Waals surface area contributed by atoms with Gasteiger partial charge in [-0.15, -0.1) is 0 Å². The van der Waals surface area contributed by atoms with Crippen molar-refractivity contribution >= 4 is 40.3 Å². The van der Waals surface area contributed by atoms with E-state index in [0.717, 1.165) is 3.57 Å². The van der Waals surface area contributed by atoms with Crippen molar-refractivity contribution in [2.45, 2.75) is 25.8 Å². The van der Waals surface area contributed by atoms with Crippen molar-refractivity contribution in [1.82, 2.24) is 5.32 Å². The summed E-state index contributed by atoms with van der Waals surface area (Å²) in [6.07, 6.45) is 0.458. The van der Waals surface area contributed by atoms with Crippen molar-refractivity contribution in [2.75, 3.05) is 5.32 Å². The van der Waals surface area contributed by atoms with E-state index in [0.29, 0.717) is 12.1 Å². The van der Waals surface area contributed by atoms with Crippen LogP contribution >= 0.6 is 22.6 Å². The number of carbonyl (C=O) groups excluding carboxylic acids is 1. The average Bonchev–Trinajstić information content (AvgIpc) is 2.26. The first-order chi connectivity index (χ1) is 8.47. The molecule has 18 heavy (non-hydrogen) atoms. The zero-order valence-electron chi connectivity index (χ0n) is 9.94. The van der Waals surface area contributed by atoms with Gasteiger partial charge in [0.2, 0.25) is 0 Å². The van der Waals surface area contributed by atoms with E-state index in [1.807, 2.05) is 18.2 Å². The largest absolute Gasteiger partial charge is 0.481 e. The van der Waals surface area contributed by atoms with Gasteiger partial charge in [-0.05, 0) is 54.1 Å². The molecule has 0 aliphatic rings. The number of hydrogen-bond donors (Lipinski definition) is 3. The van der Waals surface area contributed by atoms with Crippen LogP contribution in [0, 0.1) is 3.57 Å². The fraction of sp³-hybridized carbons (Fsp3) is 0.333. The standard InChI is InChI=1S/C12H15IN2O3/c1-8(5-6-11(16)17)14-12(18)15-10-4-2-3-9(13)7-10/h2-4,7-8H,5-6H2,1H3,(H,16,17)(H2,14,15,18). The first-order valence-electron chi connectivity index (χ1n) is 5.52. The Labute approximate surface area is 119 Å². The highest BCUT2D eigenvalue weighted by atomic mass is 127. The van der Waals surface area contributed by atoms with Gasteiger partial charge in [0.05, 0.1) is 0 Å². The van der Waals surface area contributed by atoms with Crippen LogP contribution in [0.5, 0.6) is 0 Å². The van der Waals surface area contributed by atoms with Crippen LogP contribution < -0.4 is 10.6 Å². The van der Waals surface area contributed by atoms with E-state index in [1.165, 1.54) is 0 Å². The van der Waals surface area contributed by atoms with Crippen LogP contribution in [0.1, 0.15) is 19.8 Å². The Bertz CT molecular complexity index is 437. The molecule has 2 amide bonds. The lowest BCUT2D eigenvalue weighted by Crippen LogP contribution is -2.36. The number of aliphatic carboxylic acids is 1. The second-order valence-corrected chi connectivity index (χ2v) is 5.19. The summed E-state index contributed by atoms with van der Waals surface area (Å²) >= 11 is 2.16. The second kappa shape index (κ2) is 7.20. The van der Waals surface area contributed by atoms with Gasteiger partial charge in [0.25, 0.3) is 0 Å². The maximum atomic E-state index is 11.6. The number of rotatable bonds is 5. The van der Waals surface area contributed by atoms with Gasteiger partial charge in [-0.1, -0.05) is 6.07 Å². The molecule has 5 nitrogen and oxygen atoms in total. The smallest absolute Gasteiger partial charge is 0.319 e. The number of carboxylic acids is 1. The predicted octanol–water partition coefficient (Wildman–Crippen LogP) is 2.67. The molecule has 1 aromatic carbocycles. The molecule has 0 radical (unpaired) electrons. The van der Waals surface area contributed by atoms with E-state index in [1.54, 1.807) is 13.0 Å². The summed E-state index contributed by atoms with van der Waals surface area (Å²) in [5.41, 5.74) is 0.713. The lowest BCUT2D eigenvalue weighted by molar-refractivity contribution is -0.137. The second-order valence-electron chi connectivity index (χ2n) is 3.94. The fourth-order valence-corrected chi connectivity index (χ4v) is 1.91. The zero-order chi connectivity index (χ0) is 13.5. The first-order valence-corrected chi connectivity index (χ1v) is 6.60. The molecule has 0 heterocycles. The maximum Gasteiger partial charge on any atom is 0.319 e. The molecular formula is C12H15IN2O3. The molecule has 3 N–H and O–H groups in total. The molecule has 0 spiro atoms. The molecule has 0 fully saturated rings. The number of carboxylic acid groups (broad SMARTS) is 1. The molecule has 1 unspecified atom stereocenters. The summed E-state index contributed by atoms with van der Waals surface area (Å²) in [6, 6.07) is 6.93. The molecule has 98 valence electrons. The normalized spacial score (nSPS) is 11.7. The van der Waals surface area contributed by atoms with Gasteiger partial charge in [-0.3, -0.25) is 4.79 Å². The Kier molecular flexibility index (Phi) is 5.90. The van der Waals surface area contributed by atoms with Gasteiger partial charge >= 0.3 is 12.0 Å². The number of halogens is 1. The van der Waals surface area contributed by atoms with Crippen molar-refractivity contribution in [3.05, 3.63) is 27.8 Å². The third kappa shape index (κ3) is 5.85. The summed E-state index contributed by atoms with van der Waals surface area (Å²) in [7, 11) is 0. The van der Waals surface area contributed by atoms with E-state index in [4.69, 9.17) is 5.11 Å². The van der Waals surface area contributed by atoms with Crippen LogP contribution in [0.2, 0.25) is 0 Å². The van der Waals surface area contributed by atoms with Gasteiger partial charge < -0.3 is 15.7 Å². The minimum Gasteiger partial charge on any atom is -0.481 e. The lowest BCUT2D eigenvalue weighted by Gasteiger charge is -2.13. The summed E-state index contributed by atoms with van der Waals surface area (Å²) < 4.78 is 1.03. The van der Waals surface area contributed by atoms with E-state index in [-0.39, 0.29) is 18.5 Å². The SMILES string of the molecule is CC(CCC(=O)O)NC(=O)Nc1cccc(I)c1. The van der Waals surface area contributed by atoms with Crippen molar-refractivity contribution < 1.29 is 14.7 Å². The van der Waals surface area contributed by atoms with E-state index < -0.39 is 5.97 Å². The summed E-state index contributed by atoms with van der Waals surface area (Å²) in [6.45, 7) is 1.78. The number of nitrogens with one attached hydrogen (secondary N) is 2. The van der Waals surface area contributed by atoms with Crippen LogP contribution in [0.4, 0.5) is 10.5 Å². The van der Waals surface area contributed by atoms with Gasteiger partial charge in [0, 0.05) is 21.7 Å². The van der Waals surface area contributed by atoms with Gasteiger partial charge in [0.1, 0.15) is 0 Å². The van der Waals surface area contributed by atoms with E-state index >= 15 is 0 Å². The van der Waals surface area contributed by atoms with Crippen LogP contribution in [0.15, 0.2) is 24.3 Å². The Hall–Kier alpha value is -1.31. The van der Waals surface area contributed by atoms with Gasteiger partial charge in [0.15, 0.2) is 0 Å². The van der Waals surface area contributed by atoms with Crippen molar-refractivity contribution in [2.24, 2.45) is 0 Å². The molecule has 0 aliphatic carbocycles. The average molecular weight is 362 g/mol. The summed E-state index contributed by atoms with van der Waals surface area (Å²) in [4.78, 5) is 22.0. The number of hydrogen-bond acceptors (Lipinski definition) is 2. The first kappa shape index (κ1) is 14.7. The minimum atomic E-state index is -0.860. The molecule has 1 atom stereocenters. The maximum absolute atomic E-state index is 11.6. The highest BCUT2D eigenvalue weighted by molar-refractivity contribution is 14.1. The number of anilines is 1. The topological polar surface area (TPSA) is 78.4 Å². The molecule has 0 aliphatic heterocycles. The third-order valence-electron chi connectivity index (χ3n) is 2.25. The lowest BCUT2D eigenvalue weighted by atomic mass is 10.2. The highest BCUT2D eigenvalue weighted by Gasteiger charge is 2.09. The van der Waals surface area contributed by atoms with Gasteiger partial charge in [-0.2, -0.15) is 0 Å². The van der Waals surface area contributed by atoms with Crippen LogP contribution in [0.25, 0.3) is 0 Å². The molecule has 0 saturated carbocycles. The molecule has 0 aromatic heterocycles. The van der Waals surface area contributed by atoms with E-state index in [9.17, 15) is 9.59 Å². The van der Waals surface area contributed by atoms with E-state index in [2.05, 4.69) is 33.2 Å². The van der Waals surface area contributed by atoms with Crippen LogP contribution in [-0.4, -0.2) is 23.1 Å². The Morgan fingerprint density at radius 1 is 1.44 bits per heavy atom. The Morgan fingerprint density at radius 2 is 2.17 bits per heavy atom. The molecule has 0 saturated heterocycles. The predicted molar refractivity (Wildman–Crippen MR) is 77.6 cm³/mol. The minimum absolute atomic E-state index is 0.0463. The number of benzene rings is 1. The number of carbonyl (C=O) groups is 2. The van der Waals surface area contributed by atoms with Crippen molar-refractivity contribution in [3.8, 4) is 0 Å². The zero-order valence-corrected chi connectivity index (χ0v) is 12.1. The molecule has 1 rings (SSSR count). The number of amides is 2. The Balaban J connectivity index is 2.39. The molecule has 1 aromatic rings. The quantitative estimate of drug-likeness (QED) is 0.705. The number of urea groups is 1. The van der Waals surface area contributed by atoms with Crippen molar-refractivity contribution in [1.29, 1.82) is 0 Å². The molecule has 0 bridgehead atoms. The molecule has 6 heteroatoms. The van der Waals surface area contributed by atoms with Crippen molar-refractivity contribution in [3.63, 3.8) is 0 Å². The molecular weight excluding hydrogens is 347 g/mol. The van der Waals surface area contributed by atoms with Crippen LogP contribution in [0.3, 0.4) is 0 Å². The summed E-state index contributed by atoms with van der Waals surface area (Å²) in [5.74, 6) is -0.860. The monoisotopic (exact) mass is 362 g/mol. The Morgan fingerprint density at radius 3 is 2.78 bits per heavy atom. The third-order valence-corrected chi connectivity index (χ3v) is 2.92. The van der Waals surface area contributed by atoms with Crippen LogP contribution in [-0.2, 0) is 4.79 Å². The van der Waals surface area contributed by atoms with Gasteiger partial charge in [-0.25, -0.2) is 4.79 Å².